The number of aromatic carboxylic acids is 1. The summed E-state index contributed by atoms with van der Waals surface area (Å²) in [5.41, 5.74) is -0.302. The first-order valence-electron chi connectivity index (χ1n) is 5.12. The SMILES string of the molecule is O=C(O)c1ccc(F)c(Cn2ncccc2=O)c1. The lowest BCUT2D eigenvalue weighted by Gasteiger charge is -2.06. The molecule has 0 amide bonds. The normalized spacial score (nSPS) is 10.3. The first-order valence-corrected chi connectivity index (χ1v) is 5.12. The lowest BCUT2D eigenvalue weighted by Crippen LogP contribution is -2.22. The van der Waals surface area contributed by atoms with Gasteiger partial charge in [-0.25, -0.2) is 13.9 Å². The molecule has 0 unspecified atom stereocenters. The van der Waals surface area contributed by atoms with E-state index in [9.17, 15) is 14.0 Å². The third kappa shape index (κ3) is 2.42. The third-order valence-corrected chi connectivity index (χ3v) is 2.40. The number of carboxylic acid groups (broad SMARTS) is 1. The fourth-order valence-electron chi connectivity index (χ4n) is 1.50. The van der Waals surface area contributed by atoms with E-state index in [2.05, 4.69) is 5.10 Å². The lowest BCUT2D eigenvalue weighted by molar-refractivity contribution is 0.0696. The summed E-state index contributed by atoms with van der Waals surface area (Å²) in [6.45, 7) is -0.105. The largest absolute Gasteiger partial charge is 0.478 e. The second-order valence-electron chi connectivity index (χ2n) is 3.63. The zero-order chi connectivity index (χ0) is 13.1. The first-order chi connectivity index (χ1) is 8.58. The van der Waals surface area contributed by atoms with Crippen molar-refractivity contribution in [2.45, 2.75) is 6.54 Å². The molecule has 0 aliphatic heterocycles. The van der Waals surface area contributed by atoms with Crippen LogP contribution in [0.2, 0.25) is 0 Å². The van der Waals surface area contributed by atoms with Crippen LogP contribution in [0.15, 0.2) is 41.3 Å². The number of carboxylic acids is 1. The predicted octanol–water partition coefficient (Wildman–Crippen LogP) is 1.13. The molecule has 1 aromatic carbocycles. The lowest BCUT2D eigenvalue weighted by atomic mass is 10.1. The van der Waals surface area contributed by atoms with Crippen LogP contribution in [0.5, 0.6) is 0 Å². The highest BCUT2D eigenvalue weighted by molar-refractivity contribution is 5.87. The van der Waals surface area contributed by atoms with Gasteiger partial charge in [0.05, 0.1) is 12.1 Å². The number of hydrogen-bond donors (Lipinski definition) is 1. The summed E-state index contributed by atoms with van der Waals surface area (Å²) >= 11 is 0. The fraction of sp³-hybridized carbons (Fsp3) is 0.0833. The third-order valence-electron chi connectivity index (χ3n) is 2.40. The summed E-state index contributed by atoms with van der Waals surface area (Å²) in [5.74, 6) is -1.72. The van der Waals surface area contributed by atoms with Gasteiger partial charge in [-0.2, -0.15) is 5.10 Å². The Balaban J connectivity index is 2.40. The number of rotatable bonds is 3. The van der Waals surface area contributed by atoms with E-state index in [1.165, 1.54) is 30.5 Å². The average molecular weight is 248 g/mol. The van der Waals surface area contributed by atoms with Crippen LogP contribution in [-0.4, -0.2) is 20.9 Å². The molecule has 5 nitrogen and oxygen atoms in total. The van der Waals surface area contributed by atoms with Gasteiger partial charge >= 0.3 is 5.97 Å². The molecule has 0 atom stereocenters. The molecule has 6 heteroatoms. The van der Waals surface area contributed by atoms with Crippen LogP contribution in [0.3, 0.4) is 0 Å². The Bertz CT molecular complexity index is 652. The molecule has 1 heterocycles. The van der Waals surface area contributed by atoms with E-state index in [4.69, 9.17) is 5.11 Å². The van der Waals surface area contributed by atoms with Crippen molar-refractivity contribution in [3.05, 3.63) is 63.8 Å². The number of benzene rings is 1. The first kappa shape index (κ1) is 12.0. The second kappa shape index (κ2) is 4.79. The van der Waals surface area contributed by atoms with Gasteiger partial charge in [0, 0.05) is 17.8 Å². The molecule has 18 heavy (non-hydrogen) atoms. The van der Waals surface area contributed by atoms with Gasteiger partial charge in [-0.1, -0.05) is 0 Å². The number of aromatic nitrogens is 2. The van der Waals surface area contributed by atoms with E-state index in [0.29, 0.717) is 0 Å². The zero-order valence-corrected chi connectivity index (χ0v) is 9.21. The van der Waals surface area contributed by atoms with Crippen molar-refractivity contribution in [3.8, 4) is 0 Å². The molecule has 0 fully saturated rings. The molecule has 2 rings (SSSR count). The summed E-state index contributed by atoms with van der Waals surface area (Å²) in [4.78, 5) is 22.2. The average Bonchev–Trinajstić information content (AvgIpc) is 2.34. The zero-order valence-electron chi connectivity index (χ0n) is 9.21. The number of carbonyl (C=O) groups is 1. The highest BCUT2D eigenvalue weighted by Crippen LogP contribution is 2.11. The predicted molar refractivity (Wildman–Crippen MR) is 61.0 cm³/mol. The van der Waals surface area contributed by atoms with Gasteiger partial charge in [0.25, 0.3) is 5.56 Å². The Morgan fingerprint density at radius 1 is 1.39 bits per heavy atom. The molecule has 0 spiro atoms. The minimum atomic E-state index is -1.15. The van der Waals surface area contributed by atoms with Crippen LogP contribution >= 0.6 is 0 Å². The second-order valence-corrected chi connectivity index (χ2v) is 3.63. The van der Waals surface area contributed by atoms with Crippen LogP contribution < -0.4 is 5.56 Å². The van der Waals surface area contributed by atoms with Crippen LogP contribution in [0.25, 0.3) is 0 Å². The molecule has 2 aromatic rings. The van der Waals surface area contributed by atoms with Crippen molar-refractivity contribution < 1.29 is 14.3 Å². The van der Waals surface area contributed by atoms with Gasteiger partial charge in [0.15, 0.2) is 0 Å². The minimum Gasteiger partial charge on any atom is -0.478 e. The quantitative estimate of drug-likeness (QED) is 0.883. The Kier molecular flexibility index (Phi) is 3.18. The summed E-state index contributed by atoms with van der Waals surface area (Å²) in [7, 11) is 0. The molecular formula is C12H9FN2O3. The molecule has 0 saturated carbocycles. The van der Waals surface area contributed by atoms with Crippen LogP contribution in [-0.2, 0) is 6.54 Å². The van der Waals surface area contributed by atoms with Crippen molar-refractivity contribution in [2.75, 3.05) is 0 Å². The summed E-state index contributed by atoms with van der Waals surface area (Å²) < 4.78 is 14.6. The Morgan fingerprint density at radius 2 is 2.17 bits per heavy atom. The van der Waals surface area contributed by atoms with Crippen molar-refractivity contribution >= 4 is 5.97 Å². The maximum absolute atomic E-state index is 13.5. The maximum Gasteiger partial charge on any atom is 0.335 e. The van der Waals surface area contributed by atoms with Crippen molar-refractivity contribution in [2.24, 2.45) is 0 Å². The van der Waals surface area contributed by atoms with Crippen molar-refractivity contribution in [1.29, 1.82) is 0 Å². The highest BCUT2D eigenvalue weighted by atomic mass is 19.1. The Morgan fingerprint density at radius 3 is 2.83 bits per heavy atom. The number of nitrogens with zero attached hydrogens (tertiary/aromatic N) is 2. The Hall–Kier alpha value is -2.50. The smallest absolute Gasteiger partial charge is 0.335 e. The number of hydrogen-bond acceptors (Lipinski definition) is 3. The molecule has 0 radical (unpaired) electrons. The van der Waals surface area contributed by atoms with Crippen molar-refractivity contribution in [3.63, 3.8) is 0 Å². The molecular weight excluding hydrogens is 239 g/mol. The number of halogens is 1. The van der Waals surface area contributed by atoms with E-state index in [1.54, 1.807) is 0 Å². The van der Waals surface area contributed by atoms with E-state index < -0.39 is 11.8 Å². The van der Waals surface area contributed by atoms with Gasteiger partial charge in [0.1, 0.15) is 5.82 Å². The van der Waals surface area contributed by atoms with E-state index in [-0.39, 0.29) is 23.2 Å². The van der Waals surface area contributed by atoms with E-state index in [0.717, 1.165) is 10.7 Å². The fourth-order valence-corrected chi connectivity index (χ4v) is 1.50. The molecule has 0 bridgehead atoms. The van der Waals surface area contributed by atoms with Gasteiger partial charge in [-0.3, -0.25) is 4.79 Å². The molecule has 1 N–H and O–H groups in total. The summed E-state index contributed by atoms with van der Waals surface area (Å²) in [6.07, 6.45) is 1.40. The topological polar surface area (TPSA) is 72.2 Å². The molecule has 0 aliphatic carbocycles. The maximum atomic E-state index is 13.5. The monoisotopic (exact) mass is 248 g/mol. The van der Waals surface area contributed by atoms with Gasteiger partial charge in [-0.05, 0) is 24.3 Å². The van der Waals surface area contributed by atoms with E-state index >= 15 is 0 Å². The summed E-state index contributed by atoms with van der Waals surface area (Å²) in [5, 5.41) is 12.6. The molecule has 1 aromatic heterocycles. The van der Waals surface area contributed by atoms with Crippen LogP contribution in [0, 0.1) is 5.82 Å². The van der Waals surface area contributed by atoms with E-state index in [1.807, 2.05) is 0 Å². The van der Waals surface area contributed by atoms with Gasteiger partial charge in [-0.15, -0.1) is 0 Å². The Labute approximate surface area is 101 Å². The van der Waals surface area contributed by atoms with Gasteiger partial charge in [0.2, 0.25) is 0 Å². The molecule has 0 saturated heterocycles. The highest BCUT2D eigenvalue weighted by Gasteiger charge is 2.09. The standard InChI is InChI=1S/C12H9FN2O3/c13-10-4-3-8(12(17)18)6-9(10)7-15-11(16)2-1-5-14-15/h1-6H,7H2,(H,17,18). The molecule has 92 valence electrons. The minimum absolute atomic E-state index is 0.0321. The van der Waals surface area contributed by atoms with Crippen LogP contribution in [0.1, 0.15) is 15.9 Å². The summed E-state index contributed by atoms with van der Waals surface area (Å²) in [6, 6.07) is 6.20. The molecule has 0 aliphatic rings. The van der Waals surface area contributed by atoms with Crippen LogP contribution in [0.4, 0.5) is 4.39 Å². The van der Waals surface area contributed by atoms with Gasteiger partial charge < -0.3 is 5.11 Å². The van der Waals surface area contributed by atoms with Crippen molar-refractivity contribution in [1.82, 2.24) is 9.78 Å².